The van der Waals surface area contributed by atoms with E-state index in [0.717, 1.165) is 31.2 Å². The van der Waals surface area contributed by atoms with E-state index in [2.05, 4.69) is 35.1 Å². The van der Waals surface area contributed by atoms with Gasteiger partial charge >= 0.3 is 5.97 Å². The number of hydrogen-bond acceptors (Lipinski definition) is 5. The molecule has 0 aliphatic carbocycles. The first-order valence-corrected chi connectivity index (χ1v) is 11.2. The highest BCUT2D eigenvalue weighted by atomic mass is 16.7. The molecule has 7 nitrogen and oxygen atoms in total. The lowest BCUT2D eigenvalue weighted by Crippen LogP contribution is -2.48. The summed E-state index contributed by atoms with van der Waals surface area (Å²) in [6.45, 7) is 1.87. The van der Waals surface area contributed by atoms with Crippen LogP contribution in [0.3, 0.4) is 0 Å². The van der Waals surface area contributed by atoms with Gasteiger partial charge in [-0.3, -0.25) is 9.59 Å². The minimum absolute atomic E-state index is 0. The Hall–Kier alpha value is -3.19. The zero-order valence-electron chi connectivity index (χ0n) is 18.3. The van der Waals surface area contributed by atoms with E-state index in [1.165, 1.54) is 11.1 Å². The summed E-state index contributed by atoms with van der Waals surface area (Å²) in [7, 11) is 0. The highest BCUT2D eigenvalue weighted by Gasteiger charge is 2.18. The minimum Gasteiger partial charge on any atom is -0.341 e. The monoisotopic (exact) mass is 453 g/mol. The number of nitrogens with zero attached hydrogens (tertiary/aromatic N) is 1. The molecule has 2 amide bonds. The van der Waals surface area contributed by atoms with Crippen molar-refractivity contribution in [1.82, 2.24) is 15.7 Å². The van der Waals surface area contributed by atoms with Crippen LogP contribution in [0.4, 0.5) is 0 Å². The molecule has 178 valence electrons. The number of nitrogens with one attached hydrogen (secondary N) is 2. The second kappa shape index (κ2) is 14.1. The summed E-state index contributed by atoms with van der Waals surface area (Å²) in [6.07, 6.45) is 4.53. The molecular formula is C26H35N3O4. The molecule has 0 saturated carbocycles. The number of benzene rings is 2. The number of unbranched alkanes of at least 4 members (excludes halogenated alkanes) is 1. The van der Waals surface area contributed by atoms with Gasteiger partial charge < -0.3 is 15.1 Å². The van der Waals surface area contributed by atoms with Gasteiger partial charge in [0.15, 0.2) is 0 Å². The maximum absolute atomic E-state index is 12.0. The van der Waals surface area contributed by atoms with Crippen LogP contribution in [-0.2, 0) is 38.5 Å². The Balaban J connectivity index is 0.00000385. The van der Waals surface area contributed by atoms with E-state index >= 15 is 0 Å². The van der Waals surface area contributed by atoms with Crippen molar-refractivity contribution < 1.29 is 19.2 Å². The molecule has 3 rings (SSSR count). The van der Waals surface area contributed by atoms with Gasteiger partial charge in [0.25, 0.3) is 5.91 Å². The van der Waals surface area contributed by atoms with Crippen molar-refractivity contribution in [2.24, 2.45) is 0 Å². The number of rotatable bonds is 10. The van der Waals surface area contributed by atoms with Crippen LogP contribution in [0.15, 0.2) is 54.6 Å². The van der Waals surface area contributed by atoms with Crippen LogP contribution in [0.1, 0.15) is 43.4 Å². The average Bonchev–Trinajstić information content (AvgIpc) is 2.82. The largest absolute Gasteiger partial charge is 0.341 e. The molecule has 1 saturated heterocycles. The molecule has 1 heterocycles. The summed E-state index contributed by atoms with van der Waals surface area (Å²) in [4.78, 5) is 42.0. The van der Waals surface area contributed by atoms with Crippen molar-refractivity contribution in [2.75, 3.05) is 26.2 Å². The Morgan fingerprint density at radius 2 is 1.58 bits per heavy atom. The van der Waals surface area contributed by atoms with Crippen LogP contribution in [0, 0.1) is 0 Å². The standard InChI is InChI=1S/C25H31N3O4.CH4/c29-23(27-32-25(31)14-16-28-17-15-26-19-24(28)30)18-22-12-10-21(11-13-22)9-5-4-8-20-6-2-1-3-7-20;/h1-3,6-7,10-13,26H,4-5,8-9,14-19H2,(H,27,29);1H4. The third-order valence-electron chi connectivity index (χ3n) is 5.46. The van der Waals surface area contributed by atoms with Crippen molar-refractivity contribution in [3.8, 4) is 0 Å². The molecule has 2 aromatic rings. The number of piperazine rings is 1. The number of carbonyl (C=O) groups excluding carboxylic acids is 3. The van der Waals surface area contributed by atoms with Crippen molar-refractivity contribution >= 4 is 17.8 Å². The van der Waals surface area contributed by atoms with E-state index in [9.17, 15) is 14.4 Å². The first-order valence-electron chi connectivity index (χ1n) is 11.2. The lowest BCUT2D eigenvalue weighted by molar-refractivity contribution is -0.158. The zero-order valence-corrected chi connectivity index (χ0v) is 18.3. The summed E-state index contributed by atoms with van der Waals surface area (Å²) in [5, 5.41) is 2.97. The first kappa shape index (κ1) is 26.1. The molecule has 7 heteroatoms. The fraction of sp³-hybridized carbons (Fsp3) is 0.423. The maximum Gasteiger partial charge on any atom is 0.334 e. The van der Waals surface area contributed by atoms with Gasteiger partial charge in [-0.2, -0.15) is 5.48 Å². The van der Waals surface area contributed by atoms with Crippen LogP contribution in [-0.4, -0.2) is 48.9 Å². The minimum atomic E-state index is -0.560. The summed E-state index contributed by atoms with van der Waals surface area (Å²) in [5.74, 6) is -0.976. The van der Waals surface area contributed by atoms with Crippen molar-refractivity contribution in [1.29, 1.82) is 0 Å². The number of hydrogen-bond donors (Lipinski definition) is 2. The fourth-order valence-electron chi connectivity index (χ4n) is 3.62. The molecular weight excluding hydrogens is 418 g/mol. The fourth-order valence-corrected chi connectivity index (χ4v) is 3.62. The first-order chi connectivity index (χ1) is 15.6. The van der Waals surface area contributed by atoms with Crippen molar-refractivity contribution in [2.45, 2.75) is 46.0 Å². The third-order valence-corrected chi connectivity index (χ3v) is 5.46. The van der Waals surface area contributed by atoms with Crippen LogP contribution in [0.2, 0.25) is 0 Å². The van der Waals surface area contributed by atoms with Gasteiger partial charge in [0.05, 0.1) is 19.4 Å². The molecule has 2 N–H and O–H groups in total. The molecule has 33 heavy (non-hydrogen) atoms. The molecule has 0 atom stereocenters. The number of aryl methyl sites for hydroxylation is 2. The summed E-state index contributed by atoms with van der Waals surface area (Å²) >= 11 is 0. The molecule has 0 radical (unpaired) electrons. The molecule has 0 spiro atoms. The number of amides is 2. The van der Waals surface area contributed by atoms with E-state index in [0.29, 0.717) is 19.6 Å². The van der Waals surface area contributed by atoms with Gasteiger partial charge in [-0.15, -0.1) is 0 Å². The Labute approximate surface area is 196 Å². The second-order valence-electron chi connectivity index (χ2n) is 7.99. The lowest BCUT2D eigenvalue weighted by Gasteiger charge is -2.26. The molecule has 1 fully saturated rings. The summed E-state index contributed by atoms with van der Waals surface area (Å²) < 4.78 is 0. The van der Waals surface area contributed by atoms with Gasteiger partial charge in [-0.1, -0.05) is 62.0 Å². The van der Waals surface area contributed by atoms with Crippen molar-refractivity contribution in [3.05, 3.63) is 71.3 Å². The quantitative estimate of drug-likeness (QED) is 0.427. The van der Waals surface area contributed by atoms with E-state index in [4.69, 9.17) is 4.84 Å². The van der Waals surface area contributed by atoms with Crippen LogP contribution >= 0.6 is 0 Å². The van der Waals surface area contributed by atoms with Crippen molar-refractivity contribution in [3.63, 3.8) is 0 Å². The topological polar surface area (TPSA) is 87.7 Å². The highest BCUT2D eigenvalue weighted by molar-refractivity contribution is 5.81. The Bertz CT molecular complexity index is 884. The molecule has 1 aliphatic heterocycles. The van der Waals surface area contributed by atoms with Gasteiger partial charge in [-0.25, -0.2) is 4.79 Å². The molecule has 0 bridgehead atoms. The smallest absolute Gasteiger partial charge is 0.334 e. The Kier molecular flexibility index (Phi) is 11.1. The van der Waals surface area contributed by atoms with Gasteiger partial charge in [0.2, 0.25) is 5.91 Å². The number of hydroxylamine groups is 1. The van der Waals surface area contributed by atoms with Crippen LogP contribution in [0.5, 0.6) is 0 Å². The number of carbonyl (C=O) groups is 3. The van der Waals surface area contributed by atoms with Gasteiger partial charge in [0, 0.05) is 19.6 Å². The maximum atomic E-state index is 12.0. The summed E-state index contributed by atoms with van der Waals surface area (Å²) in [5.41, 5.74) is 5.67. The highest BCUT2D eigenvalue weighted by Crippen LogP contribution is 2.11. The molecule has 2 aromatic carbocycles. The van der Waals surface area contributed by atoms with Crippen LogP contribution < -0.4 is 10.8 Å². The average molecular weight is 454 g/mol. The lowest BCUT2D eigenvalue weighted by atomic mass is 10.0. The molecule has 1 aliphatic rings. The second-order valence-corrected chi connectivity index (χ2v) is 7.99. The predicted molar refractivity (Wildman–Crippen MR) is 128 cm³/mol. The summed E-state index contributed by atoms with van der Waals surface area (Å²) in [6, 6.07) is 18.4. The van der Waals surface area contributed by atoms with Crippen LogP contribution in [0.25, 0.3) is 0 Å². The Morgan fingerprint density at radius 3 is 2.24 bits per heavy atom. The third kappa shape index (κ3) is 9.45. The van der Waals surface area contributed by atoms with E-state index in [1.54, 1.807) is 4.90 Å². The van der Waals surface area contributed by atoms with E-state index in [1.807, 2.05) is 30.3 Å². The predicted octanol–water partition coefficient (Wildman–Crippen LogP) is 2.83. The van der Waals surface area contributed by atoms with E-state index in [-0.39, 0.29) is 38.6 Å². The molecule has 0 unspecified atom stereocenters. The zero-order chi connectivity index (χ0) is 22.6. The SMILES string of the molecule is C.O=C(Cc1ccc(CCCCc2ccccc2)cc1)NOC(=O)CCN1CCNCC1=O. The van der Waals surface area contributed by atoms with E-state index < -0.39 is 5.97 Å². The Morgan fingerprint density at radius 1 is 0.939 bits per heavy atom. The van der Waals surface area contributed by atoms with Gasteiger partial charge in [-0.05, 0) is 42.4 Å². The van der Waals surface area contributed by atoms with Gasteiger partial charge in [0.1, 0.15) is 0 Å². The molecule has 0 aromatic heterocycles. The normalized spacial score (nSPS) is 13.2.